The van der Waals surface area contributed by atoms with E-state index in [1.807, 2.05) is 0 Å². The Kier molecular flexibility index (Phi) is 3.99. The number of hydrogen-bond donors (Lipinski definition) is 1. The van der Waals surface area contributed by atoms with Crippen molar-refractivity contribution in [1.82, 2.24) is 0 Å². The third-order valence-electron chi connectivity index (χ3n) is 2.45. The lowest BCUT2D eigenvalue weighted by Crippen LogP contribution is -2.02. The predicted molar refractivity (Wildman–Crippen MR) is 69.2 cm³/mol. The second kappa shape index (κ2) is 5.52. The second-order valence-electron chi connectivity index (χ2n) is 3.83. The third-order valence-corrected chi connectivity index (χ3v) is 3.06. The number of halogens is 4. The van der Waals surface area contributed by atoms with Gasteiger partial charge >= 0.3 is 0 Å². The molecule has 0 heterocycles. The van der Waals surface area contributed by atoms with Crippen LogP contribution < -0.4 is 10.5 Å². The molecule has 0 amide bonds. The van der Waals surface area contributed by atoms with Gasteiger partial charge in [-0.2, -0.15) is 0 Å². The Hall–Kier alpha value is -1.69. The van der Waals surface area contributed by atoms with E-state index in [9.17, 15) is 13.2 Å². The summed E-state index contributed by atoms with van der Waals surface area (Å²) in [5.41, 5.74) is 6.02. The highest BCUT2D eigenvalue weighted by Gasteiger charge is 2.09. The Morgan fingerprint density at radius 1 is 1.05 bits per heavy atom. The first-order chi connectivity index (χ1) is 8.97. The molecule has 0 saturated carbocycles. The Labute approximate surface area is 116 Å². The molecule has 0 aliphatic heterocycles. The van der Waals surface area contributed by atoms with Crippen LogP contribution in [0.3, 0.4) is 0 Å². The SMILES string of the molecule is Nc1cc(Br)c(F)cc1OCc1ccc(F)cc1F. The van der Waals surface area contributed by atoms with Crippen LogP contribution >= 0.6 is 15.9 Å². The van der Waals surface area contributed by atoms with E-state index in [4.69, 9.17) is 10.5 Å². The number of benzene rings is 2. The van der Waals surface area contributed by atoms with Gasteiger partial charge in [0.1, 0.15) is 29.8 Å². The summed E-state index contributed by atoms with van der Waals surface area (Å²) in [7, 11) is 0. The number of rotatable bonds is 3. The molecule has 6 heteroatoms. The van der Waals surface area contributed by atoms with Crippen LogP contribution in [0.2, 0.25) is 0 Å². The molecule has 19 heavy (non-hydrogen) atoms. The van der Waals surface area contributed by atoms with Gasteiger partial charge in [-0.05, 0) is 34.1 Å². The van der Waals surface area contributed by atoms with E-state index >= 15 is 0 Å². The smallest absolute Gasteiger partial charge is 0.145 e. The van der Waals surface area contributed by atoms with Crippen LogP contribution in [0.15, 0.2) is 34.8 Å². The van der Waals surface area contributed by atoms with Crippen LogP contribution in [0.4, 0.5) is 18.9 Å². The van der Waals surface area contributed by atoms with Gasteiger partial charge in [0.2, 0.25) is 0 Å². The molecular weight excluding hydrogens is 323 g/mol. The maximum absolute atomic E-state index is 13.4. The molecule has 2 N–H and O–H groups in total. The van der Waals surface area contributed by atoms with Crippen LogP contribution in [0, 0.1) is 17.5 Å². The van der Waals surface area contributed by atoms with Gasteiger partial charge in [0.05, 0.1) is 10.2 Å². The maximum Gasteiger partial charge on any atom is 0.145 e. The Morgan fingerprint density at radius 2 is 1.79 bits per heavy atom. The molecule has 0 aliphatic carbocycles. The van der Waals surface area contributed by atoms with E-state index < -0.39 is 17.5 Å². The zero-order chi connectivity index (χ0) is 14.0. The van der Waals surface area contributed by atoms with Crippen molar-refractivity contribution in [2.24, 2.45) is 0 Å². The fourth-order valence-electron chi connectivity index (χ4n) is 1.46. The van der Waals surface area contributed by atoms with Crippen LogP contribution in [0.5, 0.6) is 5.75 Å². The summed E-state index contributed by atoms with van der Waals surface area (Å²) < 4.78 is 44.8. The molecule has 0 atom stereocenters. The summed E-state index contributed by atoms with van der Waals surface area (Å²) in [6.07, 6.45) is 0. The fraction of sp³-hybridized carbons (Fsp3) is 0.0769. The first kappa shape index (κ1) is 13.7. The molecule has 0 saturated heterocycles. The molecule has 2 aromatic rings. The van der Waals surface area contributed by atoms with Crippen molar-refractivity contribution in [3.05, 3.63) is 57.8 Å². The average Bonchev–Trinajstić information content (AvgIpc) is 2.34. The van der Waals surface area contributed by atoms with Crippen LogP contribution in [0.1, 0.15) is 5.56 Å². The molecule has 2 rings (SSSR count). The third kappa shape index (κ3) is 3.20. The van der Waals surface area contributed by atoms with Gasteiger partial charge in [-0.1, -0.05) is 0 Å². The minimum absolute atomic E-state index is 0.101. The van der Waals surface area contributed by atoms with Crippen molar-refractivity contribution in [1.29, 1.82) is 0 Å². The average molecular weight is 332 g/mol. The van der Waals surface area contributed by atoms with Gasteiger partial charge in [0, 0.05) is 17.7 Å². The maximum atomic E-state index is 13.4. The molecular formula is C13H9BrF3NO. The first-order valence-corrected chi connectivity index (χ1v) is 6.08. The highest BCUT2D eigenvalue weighted by atomic mass is 79.9. The molecule has 0 radical (unpaired) electrons. The highest BCUT2D eigenvalue weighted by molar-refractivity contribution is 9.10. The van der Waals surface area contributed by atoms with Crippen LogP contribution in [0.25, 0.3) is 0 Å². The van der Waals surface area contributed by atoms with Gasteiger partial charge in [-0.15, -0.1) is 0 Å². The molecule has 0 spiro atoms. The van der Waals surface area contributed by atoms with Gasteiger partial charge in [0.25, 0.3) is 0 Å². The molecule has 0 aliphatic rings. The van der Waals surface area contributed by atoms with Crippen molar-refractivity contribution in [2.75, 3.05) is 5.73 Å². The van der Waals surface area contributed by atoms with Crippen molar-refractivity contribution in [3.8, 4) is 5.75 Å². The molecule has 0 unspecified atom stereocenters. The lowest BCUT2D eigenvalue weighted by atomic mass is 10.2. The fourth-order valence-corrected chi connectivity index (χ4v) is 1.82. The summed E-state index contributed by atoms with van der Waals surface area (Å²) in [6, 6.07) is 5.58. The van der Waals surface area contributed by atoms with E-state index in [-0.39, 0.29) is 28.1 Å². The lowest BCUT2D eigenvalue weighted by molar-refractivity contribution is 0.299. The van der Waals surface area contributed by atoms with Gasteiger partial charge in [-0.3, -0.25) is 0 Å². The quantitative estimate of drug-likeness (QED) is 0.862. The van der Waals surface area contributed by atoms with E-state index in [0.717, 1.165) is 18.2 Å². The standard InChI is InChI=1S/C13H9BrF3NO/c14-9-4-12(18)13(5-11(9)17)19-6-7-1-2-8(15)3-10(7)16/h1-5H,6,18H2. The number of nitrogen functional groups attached to an aromatic ring is 1. The normalized spacial score (nSPS) is 10.5. The van der Waals surface area contributed by atoms with E-state index in [1.54, 1.807) is 0 Å². The number of hydrogen-bond acceptors (Lipinski definition) is 2. The minimum atomic E-state index is -0.726. The number of anilines is 1. The zero-order valence-corrected chi connectivity index (χ0v) is 11.2. The summed E-state index contributed by atoms with van der Waals surface area (Å²) in [6.45, 7) is -0.169. The molecule has 2 aromatic carbocycles. The monoisotopic (exact) mass is 331 g/mol. The van der Waals surface area contributed by atoms with Crippen molar-refractivity contribution in [2.45, 2.75) is 6.61 Å². The van der Waals surface area contributed by atoms with E-state index in [1.165, 1.54) is 12.1 Å². The van der Waals surface area contributed by atoms with Gasteiger partial charge < -0.3 is 10.5 Å². The Morgan fingerprint density at radius 3 is 2.47 bits per heavy atom. The van der Waals surface area contributed by atoms with Crippen molar-refractivity contribution in [3.63, 3.8) is 0 Å². The molecule has 2 nitrogen and oxygen atoms in total. The Balaban J connectivity index is 2.16. The molecule has 0 bridgehead atoms. The number of nitrogens with two attached hydrogens (primary N) is 1. The summed E-state index contributed by atoms with van der Waals surface area (Å²) in [5, 5.41) is 0. The molecule has 100 valence electrons. The Bertz CT molecular complexity index is 619. The summed E-state index contributed by atoms with van der Waals surface area (Å²) >= 11 is 2.98. The largest absolute Gasteiger partial charge is 0.487 e. The minimum Gasteiger partial charge on any atom is -0.487 e. The van der Waals surface area contributed by atoms with E-state index in [2.05, 4.69) is 15.9 Å². The predicted octanol–water partition coefficient (Wildman–Crippen LogP) is 4.03. The van der Waals surface area contributed by atoms with Crippen LogP contribution in [-0.4, -0.2) is 0 Å². The van der Waals surface area contributed by atoms with E-state index in [0.29, 0.717) is 0 Å². The summed E-state index contributed by atoms with van der Waals surface area (Å²) in [5.74, 6) is -1.83. The van der Waals surface area contributed by atoms with Gasteiger partial charge in [0.15, 0.2) is 0 Å². The molecule has 0 aromatic heterocycles. The first-order valence-electron chi connectivity index (χ1n) is 5.28. The number of ether oxygens (including phenoxy) is 1. The lowest BCUT2D eigenvalue weighted by Gasteiger charge is -2.10. The topological polar surface area (TPSA) is 35.2 Å². The van der Waals surface area contributed by atoms with Crippen LogP contribution in [-0.2, 0) is 6.61 Å². The van der Waals surface area contributed by atoms with Crippen molar-refractivity contribution >= 4 is 21.6 Å². The highest BCUT2D eigenvalue weighted by Crippen LogP contribution is 2.29. The summed E-state index contributed by atoms with van der Waals surface area (Å²) in [4.78, 5) is 0. The van der Waals surface area contributed by atoms with Gasteiger partial charge in [-0.25, -0.2) is 13.2 Å². The molecule has 0 fully saturated rings. The second-order valence-corrected chi connectivity index (χ2v) is 4.68. The zero-order valence-electron chi connectivity index (χ0n) is 9.59. The van der Waals surface area contributed by atoms with Crippen molar-refractivity contribution < 1.29 is 17.9 Å².